The molecule has 0 aliphatic carbocycles. The summed E-state index contributed by atoms with van der Waals surface area (Å²) >= 11 is 9.08. The number of ether oxygens (including phenoxy) is 2. The molecular weight excluding hydrogens is 486 g/mol. The van der Waals surface area contributed by atoms with Crippen LogP contribution >= 0.6 is 27.5 Å². The first-order chi connectivity index (χ1) is 13.5. The standard InChI is InChI=1S/C18H21BrClN3O5S/c1-18(2,3)28-17(24)21-7-8-27-14-6-4-5-13(10-14)23-29(25,26)15-9-12(19)11-22-16(15)20/h4-6,9-11,23H,7-8H2,1-3H3,(H,21,24). The molecule has 1 aromatic heterocycles. The van der Waals surface area contributed by atoms with Crippen molar-refractivity contribution in [2.75, 3.05) is 17.9 Å². The topological polar surface area (TPSA) is 107 Å². The summed E-state index contributed by atoms with van der Waals surface area (Å²) in [7, 11) is -3.94. The molecule has 0 saturated heterocycles. The van der Waals surface area contributed by atoms with Gasteiger partial charge in [-0.2, -0.15) is 0 Å². The highest BCUT2D eigenvalue weighted by Gasteiger charge is 2.20. The van der Waals surface area contributed by atoms with E-state index in [9.17, 15) is 13.2 Å². The van der Waals surface area contributed by atoms with E-state index in [1.54, 1.807) is 39.0 Å². The predicted molar refractivity (Wildman–Crippen MR) is 114 cm³/mol. The van der Waals surface area contributed by atoms with Gasteiger partial charge in [0.25, 0.3) is 10.0 Å². The number of carbonyl (C=O) groups excluding carboxylic acids is 1. The van der Waals surface area contributed by atoms with E-state index >= 15 is 0 Å². The number of alkyl carbamates (subject to hydrolysis) is 1. The van der Waals surface area contributed by atoms with Gasteiger partial charge >= 0.3 is 6.09 Å². The third kappa shape index (κ3) is 7.71. The number of pyridine rings is 1. The molecule has 0 radical (unpaired) electrons. The van der Waals surface area contributed by atoms with Crippen molar-refractivity contribution in [2.45, 2.75) is 31.3 Å². The van der Waals surface area contributed by atoms with Crippen molar-refractivity contribution in [2.24, 2.45) is 0 Å². The van der Waals surface area contributed by atoms with Crippen LogP contribution in [-0.4, -0.2) is 38.2 Å². The average molecular weight is 507 g/mol. The molecule has 0 aliphatic rings. The highest BCUT2D eigenvalue weighted by Crippen LogP contribution is 2.26. The van der Waals surface area contributed by atoms with Crippen LogP contribution in [0.4, 0.5) is 10.5 Å². The maximum absolute atomic E-state index is 12.6. The van der Waals surface area contributed by atoms with Crippen LogP contribution in [0.1, 0.15) is 20.8 Å². The number of aromatic nitrogens is 1. The number of halogens is 2. The lowest BCUT2D eigenvalue weighted by Crippen LogP contribution is -2.34. The number of nitrogens with zero attached hydrogens (tertiary/aromatic N) is 1. The molecule has 0 saturated carbocycles. The normalized spacial score (nSPS) is 11.6. The lowest BCUT2D eigenvalue weighted by molar-refractivity contribution is 0.0520. The molecular formula is C18H21BrClN3O5S. The van der Waals surface area contributed by atoms with Crippen LogP contribution in [0.3, 0.4) is 0 Å². The molecule has 0 aliphatic heterocycles. The van der Waals surface area contributed by atoms with Crippen molar-refractivity contribution < 1.29 is 22.7 Å². The molecule has 2 N–H and O–H groups in total. The van der Waals surface area contributed by atoms with Crippen molar-refractivity contribution in [1.82, 2.24) is 10.3 Å². The molecule has 29 heavy (non-hydrogen) atoms. The monoisotopic (exact) mass is 505 g/mol. The summed E-state index contributed by atoms with van der Waals surface area (Å²) in [5.41, 5.74) is -0.290. The molecule has 0 bridgehead atoms. The maximum atomic E-state index is 12.6. The summed E-state index contributed by atoms with van der Waals surface area (Å²) < 4.78 is 38.7. The van der Waals surface area contributed by atoms with Crippen molar-refractivity contribution in [3.8, 4) is 5.75 Å². The van der Waals surface area contributed by atoms with Crippen molar-refractivity contribution in [3.05, 3.63) is 46.2 Å². The number of benzene rings is 1. The van der Waals surface area contributed by atoms with Gasteiger partial charge in [-0.15, -0.1) is 0 Å². The number of carbonyl (C=O) groups is 1. The summed E-state index contributed by atoms with van der Waals surface area (Å²) in [6.07, 6.45) is 0.864. The molecule has 0 fully saturated rings. The Hall–Kier alpha value is -2.04. The van der Waals surface area contributed by atoms with E-state index in [2.05, 4.69) is 31.0 Å². The largest absolute Gasteiger partial charge is 0.492 e. The SMILES string of the molecule is CC(C)(C)OC(=O)NCCOc1cccc(NS(=O)(=O)c2cc(Br)cnc2Cl)c1. The molecule has 0 atom stereocenters. The zero-order valence-electron chi connectivity index (χ0n) is 16.0. The molecule has 0 unspecified atom stereocenters. The summed E-state index contributed by atoms with van der Waals surface area (Å²) in [5.74, 6) is 0.426. The highest BCUT2D eigenvalue weighted by molar-refractivity contribution is 9.10. The number of anilines is 1. The predicted octanol–water partition coefficient (Wildman–Crippen LogP) is 4.20. The van der Waals surface area contributed by atoms with Gasteiger partial charge in [0.15, 0.2) is 0 Å². The lowest BCUT2D eigenvalue weighted by Gasteiger charge is -2.19. The molecule has 158 valence electrons. The smallest absolute Gasteiger partial charge is 0.407 e. The number of amides is 1. The molecule has 0 spiro atoms. The van der Waals surface area contributed by atoms with Gasteiger partial charge in [0.1, 0.15) is 28.0 Å². The van der Waals surface area contributed by atoms with Gasteiger partial charge in [-0.1, -0.05) is 17.7 Å². The van der Waals surface area contributed by atoms with Crippen LogP contribution in [0.2, 0.25) is 5.15 Å². The van der Waals surface area contributed by atoms with Crippen molar-refractivity contribution in [1.29, 1.82) is 0 Å². The minimum Gasteiger partial charge on any atom is -0.492 e. The van der Waals surface area contributed by atoms with Gasteiger partial charge in [-0.05, 0) is 54.9 Å². The Labute approximate surface area is 183 Å². The van der Waals surface area contributed by atoms with E-state index in [0.29, 0.717) is 15.9 Å². The second-order valence-electron chi connectivity index (χ2n) is 6.85. The maximum Gasteiger partial charge on any atom is 0.407 e. The fraction of sp³-hybridized carbons (Fsp3) is 0.333. The molecule has 11 heteroatoms. The first-order valence-electron chi connectivity index (χ1n) is 8.50. The van der Waals surface area contributed by atoms with Gasteiger partial charge in [-0.25, -0.2) is 18.2 Å². The Balaban J connectivity index is 1.96. The summed E-state index contributed by atoms with van der Waals surface area (Å²) in [5, 5.41) is 2.43. The van der Waals surface area contributed by atoms with Crippen molar-refractivity contribution >= 4 is 49.3 Å². The Morgan fingerprint density at radius 1 is 1.28 bits per heavy atom. The van der Waals surface area contributed by atoms with E-state index in [1.807, 2.05) is 0 Å². The number of rotatable bonds is 7. The van der Waals surface area contributed by atoms with Crippen LogP contribution in [0.25, 0.3) is 0 Å². The first-order valence-corrected chi connectivity index (χ1v) is 11.2. The Bertz CT molecular complexity index is 980. The second-order valence-corrected chi connectivity index (χ2v) is 9.78. The second kappa shape index (κ2) is 9.64. The number of hydrogen-bond acceptors (Lipinski definition) is 6. The fourth-order valence-corrected chi connectivity index (χ4v) is 4.08. The number of hydrogen-bond donors (Lipinski definition) is 2. The van der Waals surface area contributed by atoms with Crippen LogP contribution in [0.5, 0.6) is 5.75 Å². The molecule has 2 rings (SSSR count). The van der Waals surface area contributed by atoms with Gasteiger partial charge in [0.05, 0.1) is 12.2 Å². The lowest BCUT2D eigenvalue weighted by atomic mass is 10.2. The Kier molecular flexibility index (Phi) is 7.73. The fourth-order valence-electron chi connectivity index (χ4n) is 2.09. The average Bonchev–Trinajstić information content (AvgIpc) is 2.59. The summed E-state index contributed by atoms with van der Waals surface area (Å²) in [6, 6.07) is 7.75. The molecule has 1 aromatic carbocycles. The Morgan fingerprint density at radius 2 is 2.00 bits per heavy atom. The van der Waals surface area contributed by atoms with E-state index < -0.39 is 21.7 Å². The third-order valence-corrected chi connectivity index (χ3v) is 5.43. The van der Waals surface area contributed by atoms with Crippen molar-refractivity contribution in [3.63, 3.8) is 0 Å². The minimum absolute atomic E-state index is 0.138. The van der Waals surface area contributed by atoms with E-state index in [0.717, 1.165) is 0 Å². The van der Waals surface area contributed by atoms with E-state index in [-0.39, 0.29) is 23.2 Å². The highest BCUT2D eigenvalue weighted by atomic mass is 79.9. The zero-order valence-corrected chi connectivity index (χ0v) is 19.2. The van der Waals surface area contributed by atoms with Crippen LogP contribution in [0, 0.1) is 0 Å². The Morgan fingerprint density at radius 3 is 2.69 bits per heavy atom. The quantitative estimate of drug-likeness (QED) is 0.430. The van der Waals surface area contributed by atoms with E-state index in [1.165, 1.54) is 18.3 Å². The number of nitrogens with one attached hydrogen (secondary N) is 2. The zero-order chi connectivity index (χ0) is 21.7. The van der Waals surface area contributed by atoms with Crippen LogP contribution in [-0.2, 0) is 14.8 Å². The molecule has 1 amide bonds. The number of sulfonamides is 1. The van der Waals surface area contributed by atoms with Gasteiger partial charge in [-0.3, -0.25) is 4.72 Å². The van der Waals surface area contributed by atoms with Gasteiger partial charge in [0, 0.05) is 16.7 Å². The van der Waals surface area contributed by atoms with E-state index in [4.69, 9.17) is 21.1 Å². The third-order valence-electron chi connectivity index (χ3n) is 3.19. The summed E-state index contributed by atoms with van der Waals surface area (Å²) in [4.78, 5) is 15.3. The molecule has 2 aromatic rings. The van der Waals surface area contributed by atoms with Crippen LogP contribution in [0.15, 0.2) is 45.9 Å². The first kappa shape index (κ1) is 23.2. The summed E-state index contributed by atoms with van der Waals surface area (Å²) in [6.45, 7) is 5.72. The molecule has 1 heterocycles. The van der Waals surface area contributed by atoms with Gasteiger partial charge in [0.2, 0.25) is 0 Å². The molecule has 8 nitrogen and oxygen atoms in total. The minimum atomic E-state index is -3.94. The van der Waals surface area contributed by atoms with Crippen LogP contribution < -0.4 is 14.8 Å². The van der Waals surface area contributed by atoms with Gasteiger partial charge < -0.3 is 14.8 Å².